The fourth-order valence-corrected chi connectivity index (χ4v) is 1.87. The van der Waals surface area contributed by atoms with Crippen LogP contribution in [0.15, 0.2) is 30.5 Å². The van der Waals surface area contributed by atoms with Crippen LogP contribution in [0, 0.1) is 10.1 Å². The van der Waals surface area contributed by atoms with Crippen molar-refractivity contribution in [1.82, 2.24) is 9.97 Å². The van der Waals surface area contributed by atoms with Gasteiger partial charge in [0.25, 0.3) is 0 Å². The lowest BCUT2D eigenvalue weighted by Gasteiger charge is -2.20. The predicted molar refractivity (Wildman–Crippen MR) is 74.8 cm³/mol. The average Bonchev–Trinajstić information content (AvgIpc) is 2.46. The Morgan fingerprint density at radius 1 is 1.40 bits per heavy atom. The molecule has 104 valence electrons. The highest BCUT2D eigenvalue weighted by Gasteiger charge is 2.22. The minimum Gasteiger partial charge on any atom is -0.495 e. The van der Waals surface area contributed by atoms with Crippen molar-refractivity contribution in [3.63, 3.8) is 0 Å². The van der Waals surface area contributed by atoms with Gasteiger partial charge < -0.3 is 9.64 Å². The van der Waals surface area contributed by atoms with Gasteiger partial charge in [-0.15, -0.1) is 0 Å². The highest BCUT2D eigenvalue weighted by atomic mass is 35.5. The number of hydrogen-bond donors (Lipinski definition) is 0. The lowest BCUT2D eigenvalue weighted by Crippen LogP contribution is -2.14. The summed E-state index contributed by atoms with van der Waals surface area (Å²) >= 11 is 5.72. The molecule has 0 N–H and O–H groups in total. The van der Waals surface area contributed by atoms with Crippen LogP contribution < -0.4 is 9.64 Å². The van der Waals surface area contributed by atoms with Crippen molar-refractivity contribution in [2.24, 2.45) is 0 Å². The molecule has 20 heavy (non-hydrogen) atoms. The third-order valence-corrected chi connectivity index (χ3v) is 2.86. The maximum atomic E-state index is 11.0. The molecule has 0 amide bonds. The molecule has 0 saturated carbocycles. The first-order valence-corrected chi connectivity index (χ1v) is 5.96. The molecule has 0 fully saturated rings. The monoisotopic (exact) mass is 294 g/mol. The molecule has 1 aromatic carbocycles. The van der Waals surface area contributed by atoms with Crippen LogP contribution in [-0.2, 0) is 0 Å². The number of hydrogen-bond acceptors (Lipinski definition) is 6. The largest absolute Gasteiger partial charge is 0.495 e. The van der Waals surface area contributed by atoms with Crippen molar-refractivity contribution in [2.75, 3.05) is 19.1 Å². The standard InChI is InChI=1S/C12H11ClN4O3/c1-16(8-5-3-4-6-10(8)20-2)11-9(17(18)19)7-14-12(13)15-11/h3-7H,1-2H3. The highest BCUT2D eigenvalue weighted by molar-refractivity contribution is 6.28. The fraction of sp³-hybridized carbons (Fsp3) is 0.167. The third-order valence-electron chi connectivity index (χ3n) is 2.68. The van der Waals surface area contributed by atoms with Crippen LogP contribution in [0.1, 0.15) is 0 Å². The molecule has 7 nitrogen and oxygen atoms in total. The van der Waals surface area contributed by atoms with Crippen molar-refractivity contribution in [3.8, 4) is 5.75 Å². The SMILES string of the molecule is COc1ccccc1N(C)c1nc(Cl)ncc1[N+](=O)[O-]. The summed E-state index contributed by atoms with van der Waals surface area (Å²) in [6.07, 6.45) is 1.08. The van der Waals surface area contributed by atoms with Crippen LogP contribution in [0.2, 0.25) is 5.28 Å². The molecule has 0 aliphatic heterocycles. The summed E-state index contributed by atoms with van der Waals surface area (Å²) in [7, 11) is 3.16. The second-order valence-electron chi connectivity index (χ2n) is 3.84. The molecule has 0 aliphatic rings. The van der Waals surface area contributed by atoms with Crippen molar-refractivity contribution in [1.29, 1.82) is 0 Å². The molecule has 2 aromatic rings. The number of benzene rings is 1. The lowest BCUT2D eigenvalue weighted by molar-refractivity contribution is -0.384. The summed E-state index contributed by atoms with van der Waals surface area (Å²) in [5.74, 6) is 0.665. The van der Waals surface area contributed by atoms with Gasteiger partial charge in [-0.1, -0.05) is 12.1 Å². The van der Waals surface area contributed by atoms with Crippen molar-refractivity contribution in [3.05, 3.63) is 45.9 Å². The van der Waals surface area contributed by atoms with E-state index in [0.717, 1.165) is 6.20 Å². The summed E-state index contributed by atoms with van der Waals surface area (Å²) < 4.78 is 5.23. The summed E-state index contributed by atoms with van der Waals surface area (Å²) in [6.45, 7) is 0. The quantitative estimate of drug-likeness (QED) is 0.490. The van der Waals surface area contributed by atoms with E-state index in [4.69, 9.17) is 16.3 Å². The van der Waals surface area contributed by atoms with Crippen molar-refractivity contribution >= 4 is 28.8 Å². The molecule has 1 heterocycles. The Kier molecular flexibility index (Phi) is 3.99. The minimum absolute atomic E-state index is 0.0626. The normalized spacial score (nSPS) is 10.2. The van der Waals surface area contributed by atoms with E-state index in [2.05, 4.69) is 9.97 Å². The van der Waals surface area contributed by atoms with Crippen LogP contribution in [0.25, 0.3) is 0 Å². The molecule has 0 unspecified atom stereocenters. The number of halogens is 1. The van der Waals surface area contributed by atoms with Gasteiger partial charge in [0, 0.05) is 7.05 Å². The van der Waals surface area contributed by atoms with E-state index in [1.165, 1.54) is 12.0 Å². The molecule has 0 radical (unpaired) electrons. The Bertz CT molecular complexity index is 650. The summed E-state index contributed by atoms with van der Waals surface area (Å²) in [5, 5.41) is 11.0. The third kappa shape index (κ3) is 2.62. The first-order chi connectivity index (χ1) is 9.54. The van der Waals surface area contributed by atoms with E-state index in [9.17, 15) is 10.1 Å². The summed E-state index contributed by atoms with van der Waals surface area (Å²) in [4.78, 5) is 19.6. The van der Waals surface area contributed by atoms with E-state index < -0.39 is 4.92 Å². The number of nitrogens with zero attached hydrogens (tertiary/aromatic N) is 4. The Morgan fingerprint density at radius 3 is 2.75 bits per heavy atom. The van der Waals surface area contributed by atoms with E-state index >= 15 is 0 Å². The molecule has 0 spiro atoms. The number of nitro groups is 1. The molecule has 0 atom stereocenters. The number of ether oxygens (including phenoxy) is 1. The first-order valence-electron chi connectivity index (χ1n) is 5.58. The fourth-order valence-electron chi connectivity index (χ4n) is 1.74. The molecule has 0 saturated heterocycles. The zero-order valence-corrected chi connectivity index (χ0v) is 11.5. The van der Waals surface area contributed by atoms with Crippen LogP contribution in [0.5, 0.6) is 5.75 Å². The Labute approximate surface area is 119 Å². The summed E-state index contributed by atoms with van der Waals surface area (Å²) in [6, 6.07) is 7.11. The zero-order valence-electron chi connectivity index (χ0n) is 10.8. The van der Waals surface area contributed by atoms with Crippen molar-refractivity contribution < 1.29 is 9.66 Å². The molecular weight excluding hydrogens is 284 g/mol. The van der Waals surface area contributed by atoms with Crippen LogP contribution in [-0.4, -0.2) is 29.0 Å². The van der Waals surface area contributed by atoms with Crippen molar-refractivity contribution in [2.45, 2.75) is 0 Å². The predicted octanol–water partition coefficient (Wildman–Crippen LogP) is 2.81. The second-order valence-corrected chi connectivity index (χ2v) is 4.17. The maximum absolute atomic E-state index is 11.0. The Morgan fingerprint density at radius 2 is 2.10 bits per heavy atom. The Hall–Kier alpha value is -2.41. The number of methoxy groups -OCH3 is 1. The first kappa shape index (κ1) is 14.0. The number of rotatable bonds is 4. The highest BCUT2D eigenvalue weighted by Crippen LogP contribution is 2.35. The van der Waals surface area contributed by atoms with E-state index in [1.807, 2.05) is 0 Å². The number of para-hydroxylation sites is 2. The topological polar surface area (TPSA) is 81.4 Å². The molecule has 0 bridgehead atoms. The molecule has 8 heteroatoms. The molecular formula is C12H11ClN4O3. The molecule has 2 rings (SSSR count). The van der Waals surface area contributed by atoms with Gasteiger partial charge in [-0.3, -0.25) is 10.1 Å². The molecule has 0 aliphatic carbocycles. The lowest BCUT2D eigenvalue weighted by atomic mass is 10.2. The average molecular weight is 295 g/mol. The zero-order chi connectivity index (χ0) is 14.7. The number of aromatic nitrogens is 2. The Balaban J connectivity index is 2.55. The van der Waals surface area contributed by atoms with Crippen LogP contribution in [0.4, 0.5) is 17.2 Å². The van der Waals surface area contributed by atoms with Gasteiger partial charge in [0.1, 0.15) is 11.9 Å². The minimum atomic E-state index is -0.558. The van der Waals surface area contributed by atoms with Crippen LogP contribution in [0.3, 0.4) is 0 Å². The van der Waals surface area contributed by atoms with Gasteiger partial charge in [-0.25, -0.2) is 4.98 Å². The van der Waals surface area contributed by atoms with Gasteiger partial charge in [0.15, 0.2) is 0 Å². The smallest absolute Gasteiger partial charge is 0.330 e. The molecule has 1 aromatic heterocycles. The van der Waals surface area contributed by atoms with E-state index in [0.29, 0.717) is 11.4 Å². The van der Waals surface area contributed by atoms with Gasteiger partial charge in [0.2, 0.25) is 11.1 Å². The van der Waals surface area contributed by atoms with Gasteiger partial charge in [0.05, 0.1) is 17.7 Å². The van der Waals surface area contributed by atoms with E-state index in [1.54, 1.807) is 31.3 Å². The van der Waals surface area contributed by atoms with Gasteiger partial charge >= 0.3 is 5.69 Å². The van der Waals surface area contributed by atoms with Gasteiger partial charge in [-0.05, 0) is 23.7 Å². The van der Waals surface area contributed by atoms with Crippen LogP contribution >= 0.6 is 11.6 Å². The second kappa shape index (κ2) is 5.70. The summed E-state index contributed by atoms with van der Waals surface area (Å²) in [5.41, 5.74) is 0.399. The van der Waals surface area contributed by atoms with E-state index in [-0.39, 0.29) is 16.8 Å². The van der Waals surface area contributed by atoms with Gasteiger partial charge in [-0.2, -0.15) is 4.98 Å². The maximum Gasteiger partial charge on any atom is 0.330 e. The number of anilines is 2.